The van der Waals surface area contributed by atoms with E-state index in [4.69, 9.17) is 9.84 Å². The van der Waals surface area contributed by atoms with Crippen molar-refractivity contribution in [1.82, 2.24) is 14.5 Å². The van der Waals surface area contributed by atoms with E-state index in [9.17, 15) is 9.59 Å². The highest BCUT2D eigenvalue weighted by Gasteiger charge is 2.28. The lowest BCUT2D eigenvalue weighted by Crippen LogP contribution is -2.49. The predicted octanol–water partition coefficient (Wildman–Crippen LogP) is 0.674. The summed E-state index contributed by atoms with van der Waals surface area (Å²) in [4.78, 5) is 28.9. The fourth-order valence-corrected chi connectivity index (χ4v) is 2.54. The quantitative estimate of drug-likeness (QED) is 0.834. The number of rotatable bonds is 6. The Kier molecular flexibility index (Phi) is 5.32. The van der Waals surface area contributed by atoms with Gasteiger partial charge in [0.05, 0.1) is 25.7 Å². The zero-order valence-electron chi connectivity index (χ0n) is 12.2. The lowest BCUT2D eigenvalue weighted by molar-refractivity contribution is -0.146. The molecular weight excluding hydrogens is 274 g/mol. The molecule has 1 atom stereocenters. The third-order valence-corrected chi connectivity index (χ3v) is 3.67. The number of aromatic nitrogens is 2. The Morgan fingerprint density at radius 3 is 3.00 bits per heavy atom. The molecule has 7 nitrogen and oxygen atoms in total. The topological polar surface area (TPSA) is 84.7 Å². The van der Waals surface area contributed by atoms with Crippen molar-refractivity contribution < 1.29 is 19.4 Å². The first-order chi connectivity index (χ1) is 10.1. The SMILES string of the molecule is Cc1nccn1CCCC(=O)N1CCOC[C@H]1CC(=O)O. The van der Waals surface area contributed by atoms with Gasteiger partial charge in [0.2, 0.25) is 5.91 Å². The number of morpholine rings is 1. The summed E-state index contributed by atoms with van der Waals surface area (Å²) in [5.74, 6) is 0.0252. The van der Waals surface area contributed by atoms with Crippen molar-refractivity contribution >= 4 is 11.9 Å². The fraction of sp³-hybridized carbons (Fsp3) is 0.643. The largest absolute Gasteiger partial charge is 0.481 e. The Labute approximate surface area is 123 Å². The molecule has 1 aromatic heterocycles. The van der Waals surface area contributed by atoms with E-state index >= 15 is 0 Å². The highest BCUT2D eigenvalue weighted by Crippen LogP contribution is 2.13. The predicted molar refractivity (Wildman–Crippen MR) is 74.8 cm³/mol. The minimum atomic E-state index is -0.905. The van der Waals surface area contributed by atoms with Crippen molar-refractivity contribution in [1.29, 1.82) is 0 Å². The van der Waals surface area contributed by atoms with Crippen molar-refractivity contribution in [3.05, 3.63) is 18.2 Å². The average Bonchev–Trinajstić information content (AvgIpc) is 2.84. The first kappa shape index (κ1) is 15.5. The standard InChI is InChI=1S/C14H21N3O4/c1-11-15-4-6-16(11)5-2-3-13(18)17-7-8-21-10-12(17)9-14(19)20/h4,6,12H,2-3,5,7-10H2,1H3,(H,19,20)/t12-/m1/s1. The van der Waals surface area contributed by atoms with Gasteiger partial charge in [-0.05, 0) is 13.3 Å². The molecule has 2 rings (SSSR count). The van der Waals surface area contributed by atoms with E-state index < -0.39 is 5.97 Å². The lowest BCUT2D eigenvalue weighted by atomic mass is 10.1. The minimum Gasteiger partial charge on any atom is -0.481 e. The van der Waals surface area contributed by atoms with E-state index in [0.717, 1.165) is 12.4 Å². The zero-order valence-corrected chi connectivity index (χ0v) is 12.2. The van der Waals surface area contributed by atoms with Crippen LogP contribution in [0.15, 0.2) is 12.4 Å². The third kappa shape index (κ3) is 4.29. The maximum atomic E-state index is 12.3. The number of hydrogen-bond acceptors (Lipinski definition) is 4. The van der Waals surface area contributed by atoms with E-state index in [1.807, 2.05) is 17.7 Å². The van der Waals surface area contributed by atoms with Crippen molar-refractivity contribution in [2.24, 2.45) is 0 Å². The molecule has 1 fully saturated rings. The molecule has 116 valence electrons. The molecular formula is C14H21N3O4. The molecule has 0 aliphatic carbocycles. The van der Waals surface area contributed by atoms with E-state index in [1.165, 1.54) is 0 Å². The van der Waals surface area contributed by atoms with Crippen LogP contribution in [0.5, 0.6) is 0 Å². The number of carboxylic acid groups (broad SMARTS) is 1. The second-order valence-corrected chi connectivity index (χ2v) is 5.19. The van der Waals surface area contributed by atoms with Gasteiger partial charge in [-0.3, -0.25) is 9.59 Å². The monoisotopic (exact) mass is 295 g/mol. The summed E-state index contributed by atoms with van der Waals surface area (Å²) in [7, 11) is 0. The van der Waals surface area contributed by atoms with Crippen LogP contribution in [0.25, 0.3) is 0 Å². The molecule has 0 unspecified atom stereocenters. The molecule has 1 N–H and O–H groups in total. The van der Waals surface area contributed by atoms with Crippen LogP contribution in [0, 0.1) is 6.92 Å². The molecule has 1 aromatic rings. The summed E-state index contributed by atoms with van der Waals surface area (Å²) in [6.45, 7) is 3.92. The second kappa shape index (κ2) is 7.21. The molecule has 1 saturated heterocycles. The Morgan fingerprint density at radius 2 is 2.33 bits per heavy atom. The number of carbonyl (C=O) groups excluding carboxylic acids is 1. The third-order valence-electron chi connectivity index (χ3n) is 3.67. The summed E-state index contributed by atoms with van der Waals surface area (Å²) in [5, 5.41) is 8.89. The van der Waals surface area contributed by atoms with Crippen LogP contribution in [-0.2, 0) is 20.9 Å². The minimum absolute atomic E-state index is 0.00215. The highest BCUT2D eigenvalue weighted by molar-refractivity contribution is 5.77. The lowest BCUT2D eigenvalue weighted by Gasteiger charge is -2.35. The summed E-state index contributed by atoms with van der Waals surface area (Å²) < 4.78 is 7.27. The number of imidazole rings is 1. The first-order valence-electron chi connectivity index (χ1n) is 7.14. The van der Waals surface area contributed by atoms with Crippen LogP contribution in [0.3, 0.4) is 0 Å². The maximum Gasteiger partial charge on any atom is 0.305 e. The van der Waals surface area contributed by atoms with Gasteiger partial charge < -0.3 is 19.3 Å². The molecule has 0 spiro atoms. The molecule has 0 radical (unpaired) electrons. The van der Waals surface area contributed by atoms with Crippen molar-refractivity contribution in [2.45, 2.75) is 38.8 Å². The summed E-state index contributed by atoms with van der Waals surface area (Å²) in [5.41, 5.74) is 0. The average molecular weight is 295 g/mol. The number of nitrogens with zero attached hydrogens (tertiary/aromatic N) is 3. The normalized spacial score (nSPS) is 18.7. The molecule has 0 aromatic carbocycles. The van der Waals surface area contributed by atoms with E-state index in [0.29, 0.717) is 32.6 Å². The number of carboxylic acids is 1. The summed E-state index contributed by atoms with van der Waals surface area (Å²) in [6.07, 6.45) is 4.69. The molecule has 7 heteroatoms. The fourth-order valence-electron chi connectivity index (χ4n) is 2.54. The Hall–Kier alpha value is -1.89. The van der Waals surface area contributed by atoms with Gasteiger partial charge in [-0.1, -0.05) is 0 Å². The Bertz CT molecular complexity index is 500. The number of amides is 1. The smallest absolute Gasteiger partial charge is 0.305 e. The summed E-state index contributed by atoms with van der Waals surface area (Å²) in [6, 6.07) is -0.348. The molecule has 0 saturated carbocycles. The van der Waals surface area contributed by atoms with Gasteiger partial charge in [0.25, 0.3) is 0 Å². The van der Waals surface area contributed by atoms with Crippen molar-refractivity contribution in [3.63, 3.8) is 0 Å². The van der Waals surface area contributed by atoms with Crippen LogP contribution >= 0.6 is 0 Å². The van der Waals surface area contributed by atoms with Crippen molar-refractivity contribution in [2.75, 3.05) is 19.8 Å². The van der Waals surface area contributed by atoms with E-state index in [2.05, 4.69) is 4.98 Å². The van der Waals surface area contributed by atoms with Gasteiger partial charge in [0.1, 0.15) is 5.82 Å². The van der Waals surface area contributed by atoms with Gasteiger partial charge in [-0.15, -0.1) is 0 Å². The van der Waals surface area contributed by atoms with Gasteiger partial charge in [-0.25, -0.2) is 4.98 Å². The van der Waals surface area contributed by atoms with Crippen LogP contribution in [0.4, 0.5) is 0 Å². The molecule has 1 amide bonds. The van der Waals surface area contributed by atoms with Crippen LogP contribution in [-0.4, -0.2) is 57.2 Å². The van der Waals surface area contributed by atoms with E-state index in [1.54, 1.807) is 11.1 Å². The first-order valence-corrected chi connectivity index (χ1v) is 7.14. The Balaban J connectivity index is 1.83. The van der Waals surface area contributed by atoms with Crippen LogP contribution < -0.4 is 0 Å². The number of aryl methyl sites for hydroxylation is 2. The van der Waals surface area contributed by atoms with Gasteiger partial charge in [0.15, 0.2) is 0 Å². The number of carbonyl (C=O) groups is 2. The molecule has 2 heterocycles. The second-order valence-electron chi connectivity index (χ2n) is 5.19. The Morgan fingerprint density at radius 1 is 1.52 bits per heavy atom. The zero-order chi connectivity index (χ0) is 15.2. The van der Waals surface area contributed by atoms with Gasteiger partial charge in [0, 0.05) is 31.9 Å². The van der Waals surface area contributed by atoms with Crippen LogP contribution in [0.2, 0.25) is 0 Å². The van der Waals surface area contributed by atoms with Crippen molar-refractivity contribution in [3.8, 4) is 0 Å². The number of ether oxygens (including phenoxy) is 1. The molecule has 21 heavy (non-hydrogen) atoms. The highest BCUT2D eigenvalue weighted by atomic mass is 16.5. The number of aliphatic carboxylic acids is 1. The van der Waals surface area contributed by atoms with E-state index in [-0.39, 0.29) is 18.4 Å². The number of hydrogen-bond donors (Lipinski definition) is 1. The van der Waals surface area contributed by atoms with Gasteiger partial charge in [-0.2, -0.15) is 0 Å². The summed E-state index contributed by atoms with van der Waals surface area (Å²) >= 11 is 0. The van der Waals surface area contributed by atoms with Crippen LogP contribution in [0.1, 0.15) is 25.1 Å². The molecule has 1 aliphatic heterocycles. The molecule has 1 aliphatic rings. The molecule has 0 bridgehead atoms. The maximum absolute atomic E-state index is 12.3. The van der Waals surface area contributed by atoms with Gasteiger partial charge >= 0.3 is 5.97 Å².